The van der Waals surface area contributed by atoms with Crippen molar-refractivity contribution < 1.29 is 9.84 Å². The zero-order valence-corrected chi connectivity index (χ0v) is 10.8. The Hall–Kier alpha value is -1.11. The highest BCUT2D eigenvalue weighted by atomic mass is 35.5. The van der Waals surface area contributed by atoms with E-state index in [4.69, 9.17) is 22.1 Å². The van der Waals surface area contributed by atoms with Gasteiger partial charge in [-0.2, -0.15) is 4.98 Å². The molecule has 100 valence electrons. The summed E-state index contributed by atoms with van der Waals surface area (Å²) in [5.74, 6) is 0.410. The fourth-order valence-corrected chi connectivity index (χ4v) is 2.55. The van der Waals surface area contributed by atoms with Crippen LogP contribution in [0.1, 0.15) is 19.6 Å². The third-order valence-corrected chi connectivity index (χ3v) is 3.70. The first-order valence-electron chi connectivity index (χ1n) is 5.70. The molecule has 18 heavy (non-hydrogen) atoms. The number of nitrogens with two attached hydrogens (primary N) is 1. The predicted octanol–water partition coefficient (Wildman–Crippen LogP) is 0.350. The van der Waals surface area contributed by atoms with Crippen LogP contribution in [0.5, 0.6) is 0 Å². The fourth-order valence-electron chi connectivity index (χ4n) is 2.29. The molecule has 0 bridgehead atoms. The second kappa shape index (κ2) is 4.87. The van der Waals surface area contributed by atoms with Gasteiger partial charge in [0.15, 0.2) is 0 Å². The van der Waals surface area contributed by atoms with Crippen molar-refractivity contribution in [3.63, 3.8) is 0 Å². The van der Waals surface area contributed by atoms with Gasteiger partial charge in [0.25, 0.3) is 0 Å². The number of ether oxygens (including phenoxy) is 1. The minimum atomic E-state index is -0.785. The zero-order chi connectivity index (χ0) is 13.3. The molecule has 1 unspecified atom stereocenters. The molecule has 3 atom stereocenters. The van der Waals surface area contributed by atoms with Crippen LogP contribution >= 0.6 is 11.6 Å². The van der Waals surface area contributed by atoms with E-state index in [0.29, 0.717) is 6.42 Å². The van der Waals surface area contributed by atoms with Crippen molar-refractivity contribution >= 4 is 17.4 Å². The molecule has 7 heteroatoms. The van der Waals surface area contributed by atoms with Gasteiger partial charge in [0.2, 0.25) is 0 Å². The molecule has 1 saturated heterocycles. The minimum absolute atomic E-state index is 0.0547. The minimum Gasteiger partial charge on any atom is -0.393 e. The normalized spacial score (nSPS) is 31.7. The molecule has 0 radical (unpaired) electrons. The molecule has 0 aromatic carbocycles. The van der Waals surface area contributed by atoms with Gasteiger partial charge in [0.1, 0.15) is 17.6 Å². The molecule has 1 aromatic rings. The zero-order valence-electron chi connectivity index (χ0n) is 10.0. The lowest BCUT2D eigenvalue weighted by atomic mass is 9.97. The number of aliphatic hydroxyl groups is 1. The summed E-state index contributed by atoms with van der Waals surface area (Å²) in [6.45, 7) is 1.77. The van der Waals surface area contributed by atoms with E-state index in [1.54, 1.807) is 6.20 Å². The standard InChI is InChI=1S/C11H16ClN3O3/c1-7-4-11(5-12,6-16)18-9(7)15-3-2-8(13)14-10(15)17/h2-3,7,9,16H,4-6H2,1H3,(H2,13,14,17)/t7-,9?,11+/m0/s1. The third-order valence-electron chi connectivity index (χ3n) is 3.21. The van der Waals surface area contributed by atoms with Crippen molar-refractivity contribution in [2.24, 2.45) is 5.92 Å². The van der Waals surface area contributed by atoms with Crippen molar-refractivity contribution in [2.75, 3.05) is 18.2 Å². The van der Waals surface area contributed by atoms with Gasteiger partial charge in [-0.3, -0.25) is 4.57 Å². The van der Waals surface area contributed by atoms with Crippen LogP contribution in [0.15, 0.2) is 17.1 Å². The van der Waals surface area contributed by atoms with E-state index in [1.165, 1.54) is 10.6 Å². The van der Waals surface area contributed by atoms with Gasteiger partial charge in [-0.1, -0.05) is 6.92 Å². The van der Waals surface area contributed by atoms with E-state index in [0.717, 1.165) is 0 Å². The van der Waals surface area contributed by atoms with Gasteiger partial charge >= 0.3 is 5.69 Å². The Bertz CT molecular complexity index is 487. The van der Waals surface area contributed by atoms with E-state index in [1.807, 2.05) is 6.92 Å². The summed E-state index contributed by atoms with van der Waals surface area (Å²) < 4.78 is 7.15. The number of rotatable bonds is 3. The summed E-state index contributed by atoms with van der Waals surface area (Å²) in [4.78, 5) is 15.4. The number of nitrogen functional groups attached to an aromatic ring is 1. The Kier molecular flexibility index (Phi) is 3.61. The fraction of sp³-hybridized carbons (Fsp3) is 0.636. The predicted molar refractivity (Wildman–Crippen MR) is 67.3 cm³/mol. The molecule has 6 nitrogen and oxygen atoms in total. The summed E-state index contributed by atoms with van der Waals surface area (Å²) in [6, 6.07) is 1.54. The monoisotopic (exact) mass is 273 g/mol. The van der Waals surface area contributed by atoms with Gasteiger partial charge in [-0.25, -0.2) is 4.79 Å². The van der Waals surface area contributed by atoms with Crippen LogP contribution in [0.2, 0.25) is 0 Å². The Balaban J connectivity index is 2.32. The number of aromatic nitrogens is 2. The second-order valence-electron chi connectivity index (χ2n) is 4.71. The molecule has 1 fully saturated rings. The van der Waals surface area contributed by atoms with E-state index in [2.05, 4.69) is 4.98 Å². The van der Waals surface area contributed by atoms with Gasteiger partial charge in [0, 0.05) is 12.1 Å². The number of halogens is 1. The van der Waals surface area contributed by atoms with Crippen molar-refractivity contribution in [1.29, 1.82) is 0 Å². The largest absolute Gasteiger partial charge is 0.393 e. The highest BCUT2D eigenvalue weighted by molar-refractivity contribution is 6.18. The van der Waals surface area contributed by atoms with Crippen LogP contribution in [-0.2, 0) is 4.74 Å². The third kappa shape index (κ3) is 2.23. The van der Waals surface area contributed by atoms with Crippen LogP contribution in [-0.4, -0.2) is 32.7 Å². The molecule has 0 saturated carbocycles. The maximum atomic E-state index is 11.8. The van der Waals surface area contributed by atoms with Crippen LogP contribution < -0.4 is 11.4 Å². The number of aliphatic hydroxyl groups excluding tert-OH is 1. The molecule has 1 aliphatic rings. The Morgan fingerprint density at radius 1 is 1.78 bits per heavy atom. The lowest BCUT2D eigenvalue weighted by molar-refractivity contribution is -0.0906. The van der Waals surface area contributed by atoms with Gasteiger partial charge < -0.3 is 15.6 Å². The Morgan fingerprint density at radius 2 is 2.50 bits per heavy atom. The van der Waals surface area contributed by atoms with Crippen molar-refractivity contribution in [3.05, 3.63) is 22.7 Å². The lowest BCUT2D eigenvalue weighted by Crippen LogP contribution is -2.36. The molecule has 2 heterocycles. The molecular weight excluding hydrogens is 258 g/mol. The van der Waals surface area contributed by atoms with Gasteiger partial charge in [-0.15, -0.1) is 11.6 Å². The highest BCUT2D eigenvalue weighted by Crippen LogP contribution is 2.40. The van der Waals surface area contributed by atoms with Crippen molar-refractivity contribution in [1.82, 2.24) is 9.55 Å². The maximum Gasteiger partial charge on any atom is 0.351 e. The second-order valence-corrected chi connectivity index (χ2v) is 4.97. The van der Waals surface area contributed by atoms with Gasteiger partial charge in [-0.05, 0) is 12.5 Å². The van der Waals surface area contributed by atoms with E-state index < -0.39 is 17.5 Å². The Morgan fingerprint density at radius 3 is 3.00 bits per heavy atom. The summed E-state index contributed by atoms with van der Waals surface area (Å²) in [6.07, 6.45) is 1.67. The topological polar surface area (TPSA) is 90.4 Å². The summed E-state index contributed by atoms with van der Waals surface area (Å²) in [5, 5.41) is 9.38. The SMILES string of the molecule is C[C@H]1C[C@](CO)(CCl)OC1n1ccc(N)nc1=O. The lowest BCUT2D eigenvalue weighted by Gasteiger charge is -2.24. The first kappa shape index (κ1) is 13.3. The molecule has 0 amide bonds. The number of nitrogens with zero attached hydrogens (tertiary/aromatic N) is 2. The van der Waals surface area contributed by atoms with Gasteiger partial charge in [0.05, 0.1) is 12.5 Å². The highest BCUT2D eigenvalue weighted by Gasteiger charge is 2.44. The van der Waals surface area contributed by atoms with Crippen LogP contribution in [0.3, 0.4) is 0 Å². The molecule has 2 rings (SSSR count). The van der Waals surface area contributed by atoms with Crippen LogP contribution in [0.25, 0.3) is 0 Å². The van der Waals surface area contributed by atoms with Crippen LogP contribution in [0, 0.1) is 5.92 Å². The first-order chi connectivity index (χ1) is 8.51. The number of hydrogen-bond acceptors (Lipinski definition) is 5. The first-order valence-corrected chi connectivity index (χ1v) is 6.24. The van der Waals surface area contributed by atoms with E-state index in [9.17, 15) is 9.90 Å². The number of anilines is 1. The molecule has 0 spiro atoms. The summed E-state index contributed by atoms with van der Waals surface area (Å²) in [7, 11) is 0. The maximum absolute atomic E-state index is 11.8. The average molecular weight is 274 g/mol. The molecule has 3 N–H and O–H groups in total. The number of hydrogen-bond donors (Lipinski definition) is 2. The molecule has 1 aromatic heterocycles. The summed E-state index contributed by atoms with van der Waals surface area (Å²) >= 11 is 5.84. The smallest absolute Gasteiger partial charge is 0.351 e. The van der Waals surface area contributed by atoms with Crippen molar-refractivity contribution in [2.45, 2.75) is 25.2 Å². The molecular formula is C11H16ClN3O3. The van der Waals surface area contributed by atoms with Crippen LogP contribution in [0.4, 0.5) is 5.82 Å². The summed E-state index contributed by atoms with van der Waals surface area (Å²) in [5.41, 5.74) is 4.19. The quantitative estimate of drug-likeness (QED) is 0.776. The van der Waals surface area contributed by atoms with E-state index in [-0.39, 0.29) is 24.2 Å². The molecule has 0 aliphatic carbocycles. The molecule has 1 aliphatic heterocycles. The number of alkyl halides is 1. The Labute approximate surface area is 109 Å². The average Bonchev–Trinajstić information content (AvgIpc) is 2.67. The van der Waals surface area contributed by atoms with E-state index >= 15 is 0 Å². The van der Waals surface area contributed by atoms with Crippen molar-refractivity contribution in [3.8, 4) is 0 Å².